The van der Waals surface area contributed by atoms with Crippen molar-refractivity contribution in [3.8, 4) is 0 Å². The Labute approximate surface area is 84.2 Å². The maximum Gasteiger partial charge on any atom is 0.138 e. The van der Waals surface area contributed by atoms with Gasteiger partial charge in [-0.1, -0.05) is 15.9 Å². The van der Waals surface area contributed by atoms with Crippen molar-refractivity contribution in [3.05, 3.63) is 34.7 Å². The van der Waals surface area contributed by atoms with Gasteiger partial charge in [-0.05, 0) is 12.1 Å². The molecular weight excluding hydrogens is 232 g/mol. The molecule has 13 heavy (non-hydrogen) atoms. The molecule has 0 fully saturated rings. The summed E-state index contributed by atoms with van der Waals surface area (Å²) < 4.78 is 2.96. The van der Waals surface area contributed by atoms with E-state index in [-0.39, 0.29) is 6.61 Å². The molecule has 0 aliphatic carbocycles. The number of nitrogens with zero attached hydrogens (tertiary/aromatic N) is 2. The van der Waals surface area contributed by atoms with Crippen LogP contribution in [0, 0.1) is 0 Å². The smallest absolute Gasteiger partial charge is 0.138 e. The third-order valence-electron chi connectivity index (χ3n) is 1.84. The first-order valence-corrected chi connectivity index (χ1v) is 4.83. The van der Waals surface area contributed by atoms with E-state index < -0.39 is 0 Å². The van der Waals surface area contributed by atoms with E-state index in [9.17, 15) is 0 Å². The molecule has 2 rings (SSSR count). The zero-order valence-electron chi connectivity index (χ0n) is 6.94. The van der Waals surface area contributed by atoms with E-state index >= 15 is 0 Å². The van der Waals surface area contributed by atoms with E-state index in [0.29, 0.717) is 6.42 Å². The second-order valence-electron chi connectivity index (χ2n) is 2.82. The molecule has 0 atom stereocenters. The molecule has 68 valence electrons. The van der Waals surface area contributed by atoms with Crippen LogP contribution >= 0.6 is 15.9 Å². The number of halogens is 1. The zero-order chi connectivity index (χ0) is 9.26. The Hall–Kier alpha value is -0.870. The standard InChI is InChI=1S/C9H9BrN2O/c10-7-1-3-12-6-8(2-4-13)11-9(12)5-7/h1,3,5-6,13H,2,4H2. The number of aliphatic hydroxyl groups is 1. The molecule has 2 aromatic rings. The number of hydrogen-bond acceptors (Lipinski definition) is 2. The first-order chi connectivity index (χ1) is 6.29. The highest BCUT2D eigenvalue weighted by Crippen LogP contribution is 2.13. The molecule has 2 heterocycles. The molecule has 0 amide bonds. The molecule has 2 aromatic heterocycles. The summed E-state index contributed by atoms with van der Waals surface area (Å²) in [4.78, 5) is 4.34. The van der Waals surface area contributed by atoms with Gasteiger partial charge >= 0.3 is 0 Å². The van der Waals surface area contributed by atoms with Crippen molar-refractivity contribution in [2.24, 2.45) is 0 Å². The van der Waals surface area contributed by atoms with Crippen LogP contribution in [0.4, 0.5) is 0 Å². The fraction of sp³-hybridized carbons (Fsp3) is 0.222. The topological polar surface area (TPSA) is 37.5 Å². The largest absolute Gasteiger partial charge is 0.396 e. The molecule has 1 N–H and O–H groups in total. The van der Waals surface area contributed by atoms with Crippen LogP contribution in [-0.4, -0.2) is 21.1 Å². The molecule has 0 saturated heterocycles. The van der Waals surface area contributed by atoms with Gasteiger partial charge in [-0.3, -0.25) is 0 Å². The summed E-state index contributed by atoms with van der Waals surface area (Å²) in [6, 6.07) is 3.90. The number of aliphatic hydroxyl groups excluding tert-OH is 1. The van der Waals surface area contributed by atoms with Gasteiger partial charge < -0.3 is 9.51 Å². The fourth-order valence-electron chi connectivity index (χ4n) is 1.24. The highest BCUT2D eigenvalue weighted by atomic mass is 79.9. The zero-order valence-corrected chi connectivity index (χ0v) is 8.53. The van der Waals surface area contributed by atoms with Crippen molar-refractivity contribution >= 4 is 21.6 Å². The van der Waals surface area contributed by atoms with Crippen molar-refractivity contribution in [2.75, 3.05) is 6.61 Å². The third-order valence-corrected chi connectivity index (χ3v) is 2.33. The molecule has 0 spiro atoms. The van der Waals surface area contributed by atoms with Crippen LogP contribution in [0.5, 0.6) is 0 Å². The molecule has 0 unspecified atom stereocenters. The molecule has 0 aliphatic rings. The minimum atomic E-state index is 0.144. The highest BCUT2D eigenvalue weighted by Gasteiger charge is 2.00. The van der Waals surface area contributed by atoms with Gasteiger partial charge in [0.2, 0.25) is 0 Å². The van der Waals surface area contributed by atoms with Crippen LogP contribution in [0.3, 0.4) is 0 Å². The van der Waals surface area contributed by atoms with Gasteiger partial charge in [-0.15, -0.1) is 0 Å². The Balaban J connectivity index is 2.49. The summed E-state index contributed by atoms with van der Waals surface area (Å²) in [7, 11) is 0. The van der Waals surface area contributed by atoms with Gasteiger partial charge in [0.25, 0.3) is 0 Å². The average Bonchev–Trinajstić information content (AvgIpc) is 2.46. The van der Waals surface area contributed by atoms with Gasteiger partial charge in [-0.25, -0.2) is 4.98 Å². The van der Waals surface area contributed by atoms with E-state index in [2.05, 4.69) is 20.9 Å². The maximum atomic E-state index is 8.74. The second kappa shape index (κ2) is 3.47. The van der Waals surface area contributed by atoms with Gasteiger partial charge in [0.05, 0.1) is 5.69 Å². The normalized spacial score (nSPS) is 10.9. The molecular formula is C9H9BrN2O. The van der Waals surface area contributed by atoms with Gasteiger partial charge in [0, 0.05) is 29.9 Å². The molecule has 3 nitrogen and oxygen atoms in total. The minimum Gasteiger partial charge on any atom is -0.396 e. The lowest BCUT2D eigenvalue weighted by atomic mass is 10.4. The lowest BCUT2D eigenvalue weighted by molar-refractivity contribution is 0.298. The molecule has 0 saturated carbocycles. The van der Waals surface area contributed by atoms with Crippen LogP contribution in [0.15, 0.2) is 29.0 Å². The number of fused-ring (bicyclic) bond motifs is 1. The van der Waals surface area contributed by atoms with E-state index in [0.717, 1.165) is 15.8 Å². The maximum absolute atomic E-state index is 8.74. The number of hydrogen-bond donors (Lipinski definition) is 1. The van der Waals surface area contributed by atoms with Crippen LogP contribution in [0.1, 0.15) is 5.69 Å². The predicted molar refractivity (Wildman–Crippen MR) is 53.7 cm³/mol. The Bertz CT molecular complexity index is 424. The first kappa shape index (κ1) is 8.72. The van der Waals surface area contributed by atoms with Crippen LogP contribution in [0.2, 0.25) is 0 Å². The number of aromatic nitrogens is 2. The minimum absolute atomic E-state index is 0.144. The monoisotopic (exact) mass is 240 g/mol. The molecule has 4 heteroatoms. The van der Waals surface area contributed by atoms with Gasteiger partial charge in [0.15, 0.2) is 0 Å². The van der Waals surface area contributed by atoms with Gasteiger partial charge in [0.1, 0.15) is 5.65 Å². The number of rotatable bonds is 2. The summed E-state index contributed by atoms with van der Waals surface area (Å²) >= 11 is 3.38. The Morgan fingerprint density at radius 2 is 2.38 bits per heavy atom. The quantitative estimate of drug-likeness (QED) is 0.867. The van der Waals surface area contributed by atoms with E-state index in [1.54, 1.807) is 0 Å². The summed E-state index contributed by atoms with van der Waals surface area (Å²) in [6.07, 6.45) is 4.48. The predicted octanol–water partition coefficient (Wildman–Crippen LogP) is 1.63. The van der Waals surface area contributed by atoms with Gasteiger partial charge in [-0.2, -0.15) is 0 Å². The second-order valence-corrected chi connectivity index (χ2v) is 3.73. The highest BCUT2D eigenvalue weighted by molar-refractivity contribution is 9.10. The Kier molecular flexibility index (Phi) is 2.33. The summed E-state index contributed by atoms with van der Waals surface area (Å²) in [6.45, 7) is 0.144. The van der Waals surface area contributed by atoms with E-state index in [1.807, 2.05) is 28.9 Å². The van der Waals surface area contributed by atoms with Crippen molar-refractivity contribution in [1.29, 1.82) is 0 Å². The lowest BCUT2D eigenvalue weighted by Gasteiger charge is -1.91. The van der Waals surface area contributed by atoms with Crippen LogP contribution in [-0.2, 0) is 6.42 Å². The van der Waals surface area contributed by atoms with Crippen LogP contribution in [0.25, 0.3) is 5.65 Å². The first-order valence-electron chi connectivity index (χ1n) is 4.03. The lowest BCUT2D eigenvalue weighted by Crippen LogP contribution is -1.89. The Morgan fingerprint density at radius 3 is 3.15 bits per heavy atom. The molecule has 0 radical (unpaired) electrons. The average molecular weight is 241 g/mol. The van der Waals surface area contributed by atoms with Crippen molar-refractivity contribution in [1.82, 2.24) is 9.38 Å². The Morgan fingerprint density at radius 1 is 1.54 bits per heavy atom. The van der Waals surface area contributed by atoms with E-state index in [4.69, 9.17) is 5.11 Å². The molecule has 0 aromatic carbocycles. The van der Waals surface area contributed by atoms with Crippen molar-refractivity contribution in [2.45, 2.75) is 6.42 Å². The fourth-order valence-corrected chi connectivity index (χ4v) is 1.57. The summed E-state index contributed by atoms with van der Waals surface area (Å²) in [5, 5.41) is 8.74. The third kappa shape index (κ3) is 1.73. The van der Waals surface area contributed by atoms with Crippen molar-refractivity contribution in [3.63, 3.8) is 0 Å². The van der Waals surface area contributed by atoms with E-state index in [1.165, 1.54) is 0 Å². The SMILES string of the molecule is OCCc1cn2ccc(Br)cc2n1. The van der Waals surface area contributed by atoms with Crippen LogP contribution < -0.4 is 0 Å². The number of pyridine rings is 1. The summed E-state index contributed by atoms with van der Waals surface area (Å²) in [5.41, 5.74) is 1.82. The summed E-state index contributed by atoms with van der Waals surface area (Å²) in [5.74, 6) is 0. The molecule has 0 aliphatic heterocycles. The molecule has 0 bridgehead atoms. The number of imidazole rings is 1. The van der Waals surface area contributed by atoms with Crippen molar-refractivity contribution < 1.29 is 5.11 Å².